The van der Waals surface area contributed by atoms with Crippen LogP contribution in [0.15, 0.2) is 65.6 Å². The Labute approximate surface area is 204 Å². The van der Waals surface area contributed by atoms with Crippen LogP contribution in [0.1, 0.15) is 47.9 Å². The van der Waals surface area contributed by atoms with E-state index < -0.39 is 11.0 Å². The smallest absolute Gasteiger partial charge is 0.322 e. The predicted molar refractivity (Wildman–Crippen MR) is 138 cm³/mol. The Kier molecular flexibility index (Phi) is 6.04. The van der Waals surface area contributed by atoms with Crippen LogP contribution in [0, 0.1) is 13.8 Å². The number of nitrogens with zero attached hydrogens (tertiary/aromatic N) is 1. The molecule has 1 unspecified atom stereocenters. The molecule has 1 fully saturated rings. The molecular weight excluding hydrogens is 442 g/mol. The van der Waals surface area contributed by atoms with Crippen molar-refractivity contribution in [1.29, 1.82) is 0 Å². The number of rotatable bonds is 4. The quantitative estimate of drug-likeness (QED) is 0.465. The minimum atomic E-state index is -1.75. The van der Waals surface area contributed by atoms with Crippen molar-refractivity contribution in [3.05, 3.63) is 88.1 Å². The standard InChI is InChI=1S/C28H30N3O2S/c1-19-6-5-7-20(2)26(19)22-10-13-25-24(16-22)28(14-3-4-15-28)18-31(25)27(32)30-17-21-8-11-23(12-9-21)34(29)33/h5-13,16,29H,3-4,14-15,17-18H2,1-2H3,(H,30,32)/q-1. The lowest BCUT2D eigenvalue weighted by atomic mass is 9.79. The molecule has 176 valence electrons. The Balaban J connectivity index is 1.42. The normalized spacial score (nSPS) is 17.1. The largest absolute Gasteiger partial charge is 0.587 e. The Morgan fingerprint density at radius 1 is 1.03 bits per heavy atom. The van der Waals surface area contributed by atoms with Gasteiger partial charge in [-0.2, -0.15) is 0 Å². The highest BCUT2D eigenvalue weighted by Gasteiger charge is 2.46. The first-order valence-corrected chi connectivity index (χ1v) is 13.0. The number of hydrogen-bond donors (Lipinski definition) is 1. The van der Waals surface area contributed by atoms with Gasteiger partial charge in [-0.1, -0.05) is 49.2 Å². The van der Waals surface area contributed by atoms with Gasteiger partial charge in [0.05, 0.1) is 0 Å². The second-order valence-electron chi connectivity index (χ2n) is 9.64. The van der Waals surface area contributed by atoms with E-state index in [1.165, 1.54) is 40.7 Å². The summed E-state index contributed by atoms with van der Waals surface area (Å²) in [6, 6.07) is 19.9. The zero-order valence-corrected chi connectivity index (χ0v) is 20.5. The summed E-state index contributed by atoms with van der Waals surface area (Å²) >= 11 is 0. The van der Waals surface area contributed by atoms with Gasteiger partial charge >= 0.3 is 6.03 Å². The fourth-order valence-corrected chi connectivity index (χ4v) is 6.14. The van der Waals surface area contributed by atoms with Gasteiger partial charge in [-0.3, -0.25) is 9.11 Å². The molecule has 3 aromatic carbocycles. The van der Waals surface area contributed by atoms with E-state index in [2.05, 4.69) is 55.6 Å². The van der Waals surface area contributed by atoms with Gasteiger partial charge in [-0.25, -0.2) is 4.79 Å². The summed E-state index contributed by atoms with van der Waals surface area (Å²) in [4.78, 5) is 15.7. The predicted octanol–water partition coefficient (Wildman–Crippen LogP) is 6.59. The molecule has 6 heteroatoms. The molecule has 3 aromatic rings. The molecule has 5 rings (SSSR count). The Hall–Kier alpha value is -2.96. The van der Waals surface area contributed by atoms with E-state index in [-0.39, 0.29) is 11.4 Å². The van der Waals surface area contributed by atoms with Gasteiger partial charge in [0.2, 0.25) is 0 Å². The summed E-state index contributed by atoms with van der Waals surface area (Å²) in [6.07, 6.45) is 4.63. The number of amides is 2. The summed E-state index contributed by atoms with van der Waals surface area (Å²) in [6.45, 7) is 5.44. The Bertz CT molecular complexity index is 1240. The first-order chi connectivity index (χ1) is 16.4. The molecule has 1 atom stereocenters. The van der Waals surface area contributed by atoms with Crippen molar-refractivity contribution in [2.75, 3.05) is 11.4 Å². The van der Waals surface area contributed by atoms with Crippen molar-refractivity contribution in [2.45, 2.75) is 56.4 Å². The highest BCUT2D eigenvalue weighted by molar-refractivity contribution is 7.86. The Morgan fingerprint density at radius 3 is 2.35 bits per heavy atom. The molecule has 5 nitrogen and oxygen atoms in total. The number of carbonyl (C=O) groups excluding carboxylic acids is 1. The number of anilines is 1. The van der Waals surface area contributed by atoms with Crippen LogP contribution in [0.2, 0.25) is 0 Å². The van der Waals surface area contributed by atoms with Gasteiger partial charge in [-0.15, -0.1) is 0 Å². The molecule has 0 aromatic heterocycles. The van der Waals surface area contributed by atoms with Crippen molar-refractivity contribution in [1.82, 2.24) is 5.32 Å². The van der Waals surface area contributed by atoms with Gasteiger partial charge in [-0.05, 0) is 95.3 Å². The van der Waals surface area contributed by atoms with Crippen molar-refractivity contribution in [2.24, 2.45) is 0 Å². The van der Waals surface area contributed by atoms with E-state index in [4.69, 9.17) is 5.14 Å². The first kappa shape index (κ1) is 22.8. The van der Waals surface area contributed by atoms with Crippen molar-refractivity contribution in [3.63, 3.8) is 0 Å². The van der Waals surface area contributed by atoms with E-state index in [0.717, 1.165) is 30.6 Å². The highest BCUT2D eigenvalue weighted by atomic mass is 32.2. The first-order valence-electron chi connectivity index (χ1n) is 11.9. The van der Waals surface area contributed by atoms with E-state index in [0.29, 0.717) is 11.4 Å². The molecule has 1 aliphatic heterocycles. The lowest BCUT2D eigenvalue weighted by Crippen LogP contribution is -2.41. The maximum atomic E-state index is 13.3. The number of fused-ring (bicyclic) bond motifs is 2. The molecule has 1 aliphatic carbocycles. The summed E-state index contributed by atoms with van der Waals surface area (Å²) in [5.74, 6) is 0. The molecule has 2 amide bonds. The lowest BCUT2D eigenvalue weighted by Gasteiger charge is -2.25. The van der Waals surface area contributed by atoms with Crippen LogP contribution in [0.4, 0.5) is 10.5 Å². The third-order valence-corrected chi connectivity index (χ3v) is 8.18. The monoisotopic (exact) mass is 472 g/mol. The van der Waals surface area contributed by atoms with Crippen LogP contribution in [0.5, 0.6) is 0 Å². The number of benzene rings is 3. The number of carbonyl (C=O) groups is 1. The average molecular weight is 473 g/mol. The van der Waals surface area contributed by atoms with Crippen molar-refractivity contribution in [3.8, 4) is 11.1 Å². The second-order valence-corrected chi connectivity index (χ2v) is 10.7. The second kappa shape index (κ2) is 9.01. The molecule has 0 radical (unpaired) electrons. The van der Waals surface area contributed by atoms with Crippen LogP contribution in [-0.4, -0.2) is 16.8 Å². The van der Waals surface area contributed by atoms with Gasteiger partial charge in [0.25, 0.3) is 0 Å². The highest BCUT2D eigenvalue weighted by Crippen LogP contribution is 2.51. The number of aryl methyl sites for hydroxylation is 2. The number of hydrogen-bond acceptors (Lipinski definition) is 2. The average Bonchev–Trinajstić information content (AvgIpc) is 3.43. The minimum absolute atomic E-state index is 0.0408. The third-order valence-electron chi connectivity index (χ3n) is 7.48. The number of urea groups is 1. The summed E-state index contributed by atoms with van der Waals surface area (Å²) in [7, 11) is -1.75. The van der Waals surface area contributed by atoms with Crippen LogP contribution in [0.25, 0.3) is 16.3 Å². The van der Waals surface area contributed by atoms with E-state index in [1.54, 1.807) is 12.1 Å². The molecule has 2 aliphatic rings. The Morgan fingerprint density at radius 2 is 1.71 bits per heavy atom. The molecule has 0 bridgehead atoms. The van der Waals surface area contributed by atoms with Crippen molar-refractivity contribution >= 4 is 22.7 Å². The van der Waals surface area contributed by atoms with Gasteiger partial charge in [0.1, 0.15) is 0 Å². The van der Waals surface area contributed by atoms with E-state index in [1.807, 2.05) is 17.0 Å². The SMILES string of the molecule is Cc1cccc(C)c1-c1ccc2c(c1)C1(CCCC1)CN2C(=O)NCc1ccc(S([NH-])=O)cc1. The van der Waals surface area contributed by atoms with Crippen LogP contribution in [-0.2, 0) is 22.9 Å². The lowest BCUT2D eigenvalue weighted by molar-refractivity contribution is 0.245. The molecular formula is C28H30N3O2S-. The van der Waals surface area contributed by atoms with Crippen LogP contribution >= 0.6 is 0 Å². The zero-order chi connectivity index (χ0) is 23.9. The number of nitrogens with one attached hydrogen (secondary N) is 2. The topological polar surface area (TPSA) is 73.2 Å². The fourth-order valence-electron chi connectivity index (χ4n) is 5.76. The van der Waals surface area contributed by atoms with Gasteiger partial charge in [0, 0.05) is 29.1 Å². The maximum Gasteiger partial charge on any atom is 0.322 e. The van der Waals surface area contributed by atoms with Crippen molar-refractivity contribution < 1.29 is 9.00 Å². The molecule has 1 saturated carbocycles. The zero-order valence-electron chi connectivity index (χ0n) is 19.7. The van der Waals surface area contributed by atoms with E-state index >= 15 is 0 Å². The molecule has 1 heterocycles. The molecule has 34 heavy (non-hydrogen) atoms. The maximum absolute atomic E-state index is 13.3. The summed E-state index contributed by atoms with van der Waals surface area (Å²) in [5.41, 5.74) is 8.36. The minimum Gasteiger partial charge on any atom is -0.587 e. The van der Waals surface area contributed by atoms with E-state index in [9.17, 15) is 9.00 Å². The summed E-state index contributed by atoms with van der Waals surface area (Å²) < 4.78 is 11.3. The summed E-state index contributed by atoms with van der Waals surface area (Å²) in [5, 5.41) is 10.4. The molecule has 0 saturated heterocycles. The van der Waals surface area contributed by atoms with Gasteiger partial charge in [0.15, 0.2) is 0 Å². The van der Waals surface area contributed by atoms with Crippen LogP contribution in [0.3, 0.4) is 0 Å². The molecule has 2 N–H and O–H groups in total. The van der Waals surface area contributed by atoms with Gasteiger partial charge < -0.3 is 10.5 Å². The third kappa shape index (κ3) is 4.05. The molecule has 1 spiro atoms. The fraction of sp³-hybridized carbons (Fsp3) is 0.321. The van der Waals surface area contributed by atoms with Crippen LogP contribution < -0.4 is 10.2 Å².